The van der Waals surface area contributed by atoms with Crippen LogP contribution in [0.3, 0.4) is 0 Å². The van der Waals surface area contributed by atoms with Gasteiger partial charge in [-0.2, -0.15) is 0 Å². The lowest BCUT2D eigenvalue weighted by Gasteiger charge is -2.33. The first-order valence-electron chi connectivity index (χ1n) is 9.11. The molecule has 0 atom stereocenters. The van der Waals surface area contributed by atoms with E-state index < -0.39 is 5.56 Å². The number of piperazine rings is 1. The molecule has 1 saturated heterocycles. The Bertz CT molecular complexity index is 857. The molecule has 8 heteroatoms. The minimum Gasteiger partial charge on any atom is -0.506 e. The van der Waals surface area contributed by atoms with Gasteiger partial charge >= 0.3 is 0 Å². The molecular weight excluding hydrogens is 348 g/mol. The van der Waals surface area contributed by atoms with E-state index in [4.69, 9.17) is 9.84 Å². The van der Waals surface area contributed by atoms with Crippen molar-refractivity contribution in [2.45, 2.75) is 0 Å². The number of aromatic amines is 1. The van der Waals surface area contributed by atoms with Crippen molar-refractivity contribution in [3.8, 4) is 11.5 Å². The van der Waals surface area contributed by atoms with Crippen LogP contribution in [0.5, 0.6) is 11.5 Å². The van der Waals surface area contributed by atoms with Crippen molar-refractivity contribution in [3.63, 3.8) is 0 Å². The highest BCUT2D eigenvalue weighted by Crippen LogP contribution is 2.29. The summed E-state index contributed by atoms with van der Waals surface area (Å²) in [6, 6.07) is 5.22. The second-order valence-electron chi connectivity index (χ2n) is 6.54. The van der Waals surface area contributed by atoms with Gasteiger partial charge in [0.25, 0.3) is 5.56 Å². The Morgan fingerprint density at radius 2 is 1.93 bits per heavy atom. The molecule has 3 N–H and O–H groups in total. The molecule has 0 saturated carbocycles. The molecule has 27 heavy (non-hydrogen) atoms. The number of methoxy groups -OCH3 is 1. The molecule has 0 spiro atoms. The zero-order valence-electron chi connectivity index (χ0n) is 15.5. The van der Waals surface area contributed by atoms with E-state index in [-0.39, 0.29) is 17.9 Å². The van der Waals surface area contributed by atoms with Gasteiger partial charge in [-0.05, 0) is 12.1 Å². The van der Waals surface area contributed by atoms with Crippen molar-refractivity contribution in [1.82, 2.24) is 14.8 Å². The molecular formula is C19H26N4O4. The number of nitrogens with zero attached hydrogens (tertiary/aromatic N) is 3. The van der Waals surface area contributed by atoms with Gasteiger partial charge in [-0.25, -0.2) is 0 Å². The highest BCUT2D eigenvalue weighted by molar-refractivity contribution is 5.96. The maximum atomic E-state index is 12.3. The maximum absolute atomic E-state index is 12.3. The quantitative estimate of drug-likeness (QED) is 0.602. The normalized spacial score (nSPS) is 16.4. The van der Waals surface area contributed by atoms with Crippen molar-refractivity contribution in [2.75, 3.05) is 59.5 Å². The summed E-state index contributed by atoms with van der Waals surface area (Å²) in [6.07, 6.45) is 1.44. The summed E-state index contributed by atoms with van der Waals surface area (Å²) >= 11 is 0. The molecule has 0 aliphatic carbocycles. The molecule has 2 aromatic rings. The molecule has 3 rings (SSSR count). The smallest absolute Gasteiger partial charge is 0.261 e. The molecule has 0 bridgehead atoms. The van der Waals surface area contributed by atoms with Gasteiger partial charge in [0.2, 0.25) is 0 Å². The van der Waals surface area contributed by atoms with Crippen LogP contribution >= 0.6 is 0 Å². The average Bonchev–Trinajstić information content (AvgIpc) is 2.68. The molecule has 1 aromatic heterocycles. The van der Waals surface area contributed by atoms with Crippen LogP contribution in [0, 0.1) is 0 Å². The number of hydrogen-bond donors (Lipinski definition) is 3. The predicted molar refractivity (Wildman–Crippen MR) is 105 cm³/mol. The van der Waals surface area contributed by atoms with Gasteiger partial charge in [0.15, 0.2) is 0 Å². The number of aliphatic hydroxyl groups is 1. The van der Waals surface area contributed by atoms with Gasteiger partial charge in [-0.15, -0.1) is 0 Å². The van der Waals surface area contributed by atoms with Gasteiger partial charge in [0, 0.05) is 50.9 Å². The van der Waals surface area contributed by atoms with E-state index in [9.17, 15) is 9.90 Å². The van der Waals surface area contributed by atoms with E-state index in [0.717, 1.165) is 39.3 Å². The Balaban J connectivity index is 1.64. The molecule has 8 nitrogen and oxygen atoms in total. The first kappa shape index (κ1) is 19.3. The Morgan fingerprint density at radius 3 is 2.59 bits per heavy atom. The number of H-pyrrole nitrogens is 1. The minimum atomic E-state index is -0.397. The summed E-state index contributed by atoms with van der Waals surface area (Å²) in [6.45, 7) is 6.03. The predicted octanol–water partition coefficient (Wildman–Crippen LogP) is 0.271. The van der Waals surface area contributed by atoms with Gasteiger partial charge in [0.05, 0.1) is 31.3 Å². The fourth-order valence-electron chi connectivity index (χ4n) is 3.31. The number of aromatic nitrogens is 1. The summed E-state index contributed by atoms with van der Waals surface area (Å²) < 4.78 is 5.23. The zero-order valence-corrected chi connectivity index (χ0v) is 15.5. The van der Waals surface area contributed by atoms with Crippen molar-refractivity contribution in [2.24, 2.45) is 4.99 Å². The molecule has 146 valence electrons. The number of aliphatic imine (C=N–C) groups is 1. The fraction of sp³-hybridized carbons (Fsp3) is 0.474. The third kappa shape index (κ3) is 4.47. The Hall–Kier alpha value is -2.42. The van der Waals surface area contributed by atoms with E-state index in [1.54, 1.807) is 18.2 Å². The molecule has 1 aliphatic heterocycles. The first-order valence-corrected chi connectivity index (χ1v) is 9.11. The highest BCUT2D eigenvalue weighted by atomic mass is 16.5. The van der Waals surface area contributed by atoms with Crippen LogP contribution in [0.2, 0.25) is 0 Å². The van der Waals surface area contributed by atoms with Crippen molar-refractivity contribution in [1.29, 1.82) is 0 Å². The van der Waals surface area contributed by atoms with Crippen LogP contribution in [0.4, 0.5) is 0 Å². The van der Waals surface area contributed by atoms with Crippen molar-refractivity contribution >= 4 is 17.1 Å². The third-order valence-electron chi connectivity index (χ3n) is 4.89. The van der Waals surface area contributed by atoms with Crippen LogP contribution in [-0.2, 0) is 0 Å². The van der Waals surface area contributed by atoms with Crippen LogP contribution in [-0.4, -0.2) is 90.7 Å². The summed E-state index contributed by atoms with van der Waals surface area (Å²) in [5, 5.41) is 20.0. The molecule has 1 aromatic carbocycles. The molecule has 2 heterocycles. The van der Waals surface area contributed by atoms with E-state index in [1.165, 1.54) is 13.3 Å². The monoisotopic (exact) mass is 374 g/mol. The lowest BCUT2D eigenvalue weighted by atomic mass is 10.1. The largest absolute Gasteiger partial charge is 0.506 e. The molecule has 0 radical (unpaired) electrons. The van der Waals surface area contributed by atoms with Crippen LogP contribution in [0.15, 0.2) is 28.0 Å². The summed E-state index contributed by atoms with van der Waals surface area (Å²) in [5.74, 6) is 0.415. The van der Waals surface area contributed by atoms with Crippen molar-refractivity contribution in [3.05, 3.63) is 34.1 Å². The number of fused-ring (bicyclic) bond motifs is 1. The molecule has 0 amide bonds. The number of ether oxygens (including phenoxy) is 1. The fourth-order valence-corrected chi connectivity index (χ4v) is 3.31. The van der Waals surface area contributed by atoms with Gasteiger partial charge in [-0.1, -0.05) is 6.07 Å². The lowest BCUT2D eigenvalue weighted by molar-refractivity contribution is 0.115. The SMILES string of the molecule is COc1cccc2c(O)c(C=NCCN3CCN(CCO)CC3)c(=O)[nH]c12. The standard InChI is InChI=1S/C19H26N4O4/c1-27-16-4-2-3-14-17(16)21-19(26)15(18(14)25)13-20-5-6-22-7-9-23(10-8-22)11-12-24/h2-4,13,24H,5-12H2,1H3,(H2,21,25,26). The maximum Gasteiger partial charge on any atom is 0.261 e. The summed E-state index contributed by atoms with van der Waals surface area (Å²) in [5.41, 5.74) is 0.231. The Labute approximate surface area is 157 Å². The molecule has 0 unspecified atom stereocenters. The van der Waals surface area contributed by atoms with E-state index in [0.29, 0.717) is 23.2 Å². The average molecular weight is 374 g/mol. The van der Waals surface area contributed by atoms with E-state index >= 15 is 0 Å². The summed E-state index contributed by atoms with van der Waals surface area (Å²) in [4.78, 5) is 23.9. The van der Waals surface area contributed by atoms with Gasteiger partial charge in [0.1, 0.15) is 11.5 Å². The first-order chi connectivity index (χ1) is 13.1. The van der Waals surface area contributed by atoms with Gasteiger partial charge in [-0.3, -0.25) is 19.6 Å². The van der Waals surface area contributed by atoms with E-state index in [2.05, 4.69) is 19.8 Å². The number of nitrogens with one attached hydrogen (secondary N) is 1. The number of para-hydroxylation sites is 1. The van der Waals surface area contributed by atoms with Crippen LogP contribution < -0.4 is 10.3 Å². The van der Waals surface area contributed by atoms with Crippen molar-refractivity contribution < 1.29 is 14.9 Å². The third-order valence-corrected chi connectivity index (χ3v) is 4.89. The molecule has 1 aliphatic rings. The number of pyridine rings is 1. The van der Waals surface area contributed by atoms with Crippen LogP contribution in [0.1, 0.15) is 5.56 Å². The second kappa shape index (κ2) is 8.98. The zero-order chi connectivity index (χ0) is 19.2. The summed E-state index contributed by atoms with van der Waals surface area (Å²) in [7, 11) is 1.52. The second-order valence-corrected chi connectivity index (χ2v) is 6.54. The number of rotatable bonds is 7. The highest BCUT2D eigenvalue weighted by Gasteiger charge is 2.16. The van der Waals surface area contributed by atoms with E-state index in [1.807, 2.05) is 0 Å². The number of aliphatic hydroxyl groups excluding tert-OH is 1. The number of hydrogen-bond acceptors (Lipinski definition) is 7. The number of β-amino-alcohol motifs (C(OH)–C–C–N with tert-alkyl or cyclic N) is 1. The Morgan fingerprint density at radius 1 is 1.22 bits per heavy atom. The Kier molecular flexibility index (Phi) is 6.44. The number of aromatic hydroxyl groups is 1. The minimum absolute atomic E-state index is 0.0889. The topological polar surface area (TPSA) is 101 Å². The molecule has 1 fully saturated rings. The van der Waals surface area contributed by atoms with Crippen LogP contribution in [0.25, 0.3) is 10.9 Å². The lowest BCUT2D eigenvalue weighted by Crippen LogP contribution is -2.47. The van der Waals surface area contributed by atoms with Gasteiger partial charge < -0.3 is 19.9 Å². The number of benzene rings is 1.